The van der Waals surface area contributed by atoms with Crippen molar-refractivity contribution in [3.63, 3.8) is 0 Å². The molecule has 0 bridgehead atoms. The summed E-state index contributed by atoms with van der Waals surface area (Å²) in [6.07, 6.45) is 7.83. The fraction of sp³-hybridized carbons (Fsp3) is 0.467. The second kappa shape index (κ2) is 5.34. The molecule has 0 spiro atoms. The van der Waals surface area contributed by atoms with Gasteiger partial charge in [0.25, 0.3) is 0 Å². The average Bonchev–Trinajstić information content (AvgIpc) is 2.61. The van der Waals surface area contributed by atoms with Crippen molar-refractivity contribution in [2.24, 2.45) is 5.92 Å². The third kappa shape index (κ3) is 2.61. The fourth-order valence-corrected chi connectivity index (χ4v) is 2.48. The Balaban J connectivity index is 2.27. The van der Waals surface area contributed by atoms with Gasteiger partial charge in [0, 0.05) is 17.9 Å². The zero-order valence-electron chi connectivity index (χ0n) is 10.6. The van der Waals surface area contributed by atoms with Crippen LogP contribution in [0.1, 0.15) is 32.6 Å². The van der Waals surface area contributed by atoms with Crippen LogP contribution in [0.4, 0.5) is 0 Å². The summed E-state index contributed by atoms with van der Waals surface area (Å²) in [4.78, 5) is 22.6. The molecule has 0 amide bonds. The molecule has 96 valence electrons. The third-order valence-electron chi connectivity index (χ3n) is 3.67. The van der Waals surface area contributed by atoms with Crippen molar-refractivity contribution < 1.29 is 14.3 Å². The highest BCUT2D eigenvalue weighted by Gasteiger charge is 2.38. The van der Waals surface area contributed by atoms with Crippen LogP contribution in [-0.4, -0.2) is 18.4 Å². The van der Waals surface area contributed by atoms with E-state index >= 15 is 0 Å². The molecule has 1 heterocycles. The van der Waals surface area contributed by atoms with Gasteiger partial charge in [-0.2, -0.15) is 0 Å². The van der Waals surface area contributed by atoms with Crippen LogP contribution in [0.2, 0.25) is 0 Å². The Morgan fingerprint density at radius 1 is 1.44 bits per heavy atom. The molecule has 0 unspecified atom stereocenters. The molecule has 0 aromatic carbocycles. The summed E-state index contributed by atoms with van der Waals surface area (Å²) in [7, 11) is 0. The topological polar surface area (TPSA) is 43.4 Å². The molecule has 0 N–H and O–H groups in total. The summed E-state index contributed by atoms with van der Waals surface area (Å²) in [5.41, 5.74) is 2.54. The van der Waals surface area contributed by atoms with E-state index in [1.54, 1.807) is 0 Å². The molecule has 1 aliphatic carbocycles. The second-order valence-corrected chi connectivity index (χ2v) is 5.00. The first kappa shape index (κ1) is 12.8. The van der Waals surface area contributed by atoms with E-state index in [0.717, 1.165) is 31.1 Å². The normalized spacial score (nSPS) is 34.7. The monoisotopic (exact) mass is 246 g/mol. The van der Waals surface area contributed by atoms with Gasteiger partial charge in [0.05, 0.1) is 0 Å². The van der Waals surface area contributed by atoms with Crippen molar-refractivity contribution in [1.82, 2.24) is 0 Å². The SMILES string of the molecule is C=C1C(=O)O[C@@H]2C/C(C=O)=C\CC/C(C)=C/C[C@H]12. The van der Waals surface area contributed by atoms with Gasteiger partial charge >= 0.3 is 5.97 Å². The van der Waals surface area contributed by atoms with E-state index in [1.165, 1.54) is 5.57 Å². The largest absolute Gasteiger partial charge is 0.458 e. The van der Waals surface area contributed by atoms with E-state index in [1.807, 2.05) is 6.08 Å². The standard InChI is InChI=1S/C15H18O3/c1-10-4-3-5-12(9-16)8-14-13(7-6-10)11(2)15(17)18-14/h5-6,9,13-14H,2-4,7-8H2,1H3/b10-6+,12-5+/t13-,14-/m1/s1. The quantitative estimate of drug-likeness (QED) is 0.309. The molecule has 3 heteroatoms. The smallest absolute Gasteiger partial charge is 0.334 e. The van der Waals surface area contributed by atoms with E-state index in [0.29, 0.717) is 12.0 Å². The van der Waals surface area contributed by atoms with Crippen LogP contribution in [0.15, 0.2) is 35.5 Å². The molecule has 2 atom stereocenters. The lowest BCUT2D eigenvalue weighted by Gasteiger charge is -2.17. The molecule has 1 saturated heterocycles. The number of fused-ring (bicyclic) bond motifs is 1. The van der Waals surface area contributed by atoms with Gasteiger partial charge in [0.15, 0.2) is 0 Å². The van der Waals surface area contributed by atoms with Gasteiger partial charge < -0.3 is 4.74 Å². The summed E-state index contributed by atoms with van der Waals surface area (Å²) in [5, 5.41) is 0. The predicted octanol–water partition coefficient (Wildman–Crippen LogP) is 2.73. The van der Waals surface area contributed by atoms with Crippen LogP contribution in [0.5, 0.6) is 0 Å². The summed E-state index contributed by atoms with van der Waals surface area (Å²) in [6, 6.07) is 0. The van der Waals surface area contributed by atoms with Gasteiger partial charge in [-0.15, -0.1) is 0 Å². The van der Waals surface area contributed by atoms with Gasteiger partial charge in [-0.25, -0.2) is 4.79 Å². The number of carbonyl (C=O) groups is 2. The van der Waals surface area contributed by atoms with Gasteiger partial charge in [-0.3, -0.25) is 4.79 Å². The number of aldehydes is 1. The zero-order valence-corrected chi connectivity index (χ0v) is 10.6. The molecule has 2 rings (SSSR count). The van der Waals surface area contributed by atoms with Gasteiger partial charge in [-0.05, 0) is 31.8 Å². The van der Waals surface area contributed by atoms with Crippen molar-refractivity contribution in [2.75, 3.05) is 0 Å². The molecule has 0 aromatic heterocycles. The van der Waals surface area contributed by atoms with Gasteiger partial charge in [-0.1, -0.05) is 24.3 Å². The maximum absolute atomic E-state index is 11.6. The van der Waals surface area contributed by atoms with E-state index in [9.17, 15) is 9.59 Å². The lowest BCUT2D eigenvalue weighted by atomic mass is 9.88. The van der Waals surface area contributed by atoms with Crippen molar-refractivity contribution in [2.45, 2.75) is 38.7 Å². The average molecular weight is 246 g/mol. The fourth-order valence-electron chi connectivity index (χ4n) is 2.48. The molecule has 1 aliphatic heterocycles. The maximum Gasteiger partial charge on any atom is 0.334 e. The molecule has 1 fully saturated rings. The minimum absolute atomic E-state index is 0.00824. The Morgan fingerprint density at radius 3 is 2.94 bits per heavy atom. The summed E-state index contributed by atoms with van der Waals surface area (Å²) in [6.45, 7) is 5.89. The van der Waals surface area contributed by atoms with Crippen LogP contribution < -0.4 is 0 Å². The number of carbonyl (C=O) groups excluding carboxylic acids is 2. The van der Waals surface area contributed by atoms with Crippen LogP contribution >= 0.6 is 0 Å². The minimum atomic E-state index is -0.319. The van der Waals surface area contributed by atoms with Crippen molar-refractivity contribution in [3.8, 4) is 0 Å². The molecule has 3 nitrogen and oxygen atoms in total. The van der Waals surface area contributed by atoms with Crippen LogP contribution in [-0.2, 0) is 14.3 Å². The highest BCUT2D eigenvalue weighted by atomic mass is 16.6. The lowest BCUT2D eigenvalue weighted by molar-refractivity contribution is -0.139. The number of hydrogen-bond acceptors (Lipinski definition) is 3. The maximum atomic E-state index is 11.6. The predicted molar refractivity (Wildman–Crippen MR) is 68.9 cm³/mol. The number of allylic oxidation sites excluding steroid dienone is 3. The molecule has 0 saturated carbocycles. The van der Waals surface area contributed by atoms with Crippen LogP contribution in [0, 0.1) is 5.92 Å². The van der Waals surface area contributed by atoms with Crippen LogP contribution in [0.3, 0.4) is 0 Å². The Labute approximate surface area is 107 Å². The highest BCUT2D eigenvalue weighted by molar-refractivity contribution is 5.91. The Kier molecular flexibility index (Phi) is 3.80. The van der Waals surface area contributed by atoms with Crippen molar-refractivity contribution in [3.05, 3.63) is 35.5 Å². The molecule has 0 radical (unpaired) electrons. The van der Waals surface area contributed by atoms with E-state index < -0.39 is 0 Å². The van der Waals surface area contributed by atoms with Crippen molar-refractivity contribution in [1.29, 1.82) is 0 Å². The third-order valence-corrected chi connectivity index (χ3v) is 3.67. The minimum Gasteiger partial charge on any atom is -0.458 e. The molecule has 2 aliphatic rings. The summed E-state index contributed by atoms with van der Waals surface area (Å²) < 4.78 is 5.31. The first-order valence-corrected chi connectivity index (χ1v) is 6.31. The van der Waals surface area contributed by atoms with E-state index in [-0.39, 0.29) is 18.0 Å². The molecule has 0 aromatic rings. The number of esters is 1. The first-order chi connectivity index (χ1) is 8.61. The van der Waals surface area contributed by atoms with E-state index in [4.69, 9.17) is 4.74 Å². The Hall–Kier alpha value is -1.64. The van der Waals surface area contributed by atoms with Crippen molar-refractivity contribution >= 4 is 12.3 Å². The molecular formula is C15H18O3. The number of rotatable bonds is 1. The first-order valence-electron chi connectivity index (χ1n) is 6.31. The Bertz CT molecular complexity index is 443. The number of hydrogen-bond donors (Lipinski definition) is 0. The molecular weight excluding hydrogens is 228 g/mol. The van der Waals surface area contributed by atoms with E-state index in [2.05, 4.69) is 19.6 Å². The Morgan fingerprint density at radius 2 is 2.22 bits per heavy atom. The summed E-state index contributed by atoms with van der Waals surface area (Å²) >= 11 is 0. The second-order valence-electron chi connectivity index (χ2n) is 5.00. The van der Waals surface area contributed by atoms with Crippen LogP contribution in [0.25, 0.3) is 0 Å². The summed E-state index contributed by atoms with van der Waals surface area (Å²) in [5.74, 6) is -0.311. The molecule has 18 heavy (non-hydrogen) atoms. The zero-order chi connectivity index (χ0) is 13.1. The van der Waals surface area contributed by atoms with Gasteiger partial charge in [0.1, 0.15) is 12.4 Å². The number of ether oxygens (including phenoxy) is 1. The van der Waals surface area contributed by atoms with Gasteiger partial charge in [0.2, 0.25) is 0 Å². The lowest BCUT2D eigenvalue weighted by Crippen LogP contribution is -2.18. The highest BCUT2D eigenvalue weighted by Crippen LogP contribution is 2.34.